The number of rotatable bonds is 3. The summed E-state index contributed by atoms with van der Waals surface area (Å²) in [7, 11) is 0. The predicted octanol–water partition coefficient (Wildman–Crippen LogP) is 4.90. The van der Waals surface area contributed by atoms with Crippen LogP contribution >= 0.6 is 15.9 Å². The zero-order valence-electron chi connectivity index (χ0n) is 10.7. The van der Waals surface area contributed by atoms with E-state index in [4.69, 9.17) is 4.74 Å². The first-order valence-corrected chi connectivity index (χ1v) is 7.63. The van der Waals surface area contributed by atoms with E-state index in [0.717, 1.165) is 13.0 Å². The second-order valence-corrected chi connectivity index (χ2v) is 5.95. The van der Waals surface area contributed by atoms with Crippen LogP contribution in [-0.4, -0.2) is 6.61 Å². The second kappa shape index (κ2) is 5.89. The normalized spacial score (nSPS) is 24.3. The first kappa shape index (κ1) is 12.9. The van der Waals surface area contributed by atoms with Gasteiger partial charge in [0.2, 0.25) is 0 Å². The van der Waals surface area contributed by atoms with Crippen LogP contribution in [0.5, 0.6) is 0 Å². The van der Waals surface area contributed by atoms with E-state index >= 15 is 0 Å². The summed E-state index contributed by atoms with van der Waals surface area (Å²) in [6, 6.07) is 21.1. The van der Waals surface area contributed by atoms with Crippen LogP contribution in [0.3, 0.4) is 0 Å². The van der Waals surface area contributed by atoms with E-state index in [-0.39, 0.29) is 6.10 Å². The largest absolute Gasteiger partial charge is 0.373 e. The summed E-state index contributed by atoms with van der Waals surface area (Å²) in [4.78, 5) is 0.349. The standard InChI is InChI=1S/C17H17BrO/c18-16(13-7-3-1-4-8-13)15-11-12-19-17(15)14-9-5-2-6-10-14/h1-10,15-17H,11-12H2/t15-,16-,17-/m0/s1. The predicted molar refractivity (Wildman–Crippen MR) is 81.4 cm³/mol. The molecule has 1 saturated heterocycles. The third-order valence-corrected chi connectivity index (χ3v) is 4.97. The molecule has 1 fully saturated rings. The fourth-order valence-electron chi connectivity index (χ4n) is 2.78. The first-order valence-electron chi connectivity index (χ1n) is 6.72. The van der Waals surface area contributed by atoms with Gasteiger partial charge in [-0.05, 0) is 17.5 Å². The van der Waals surface area contributed by atoms with Crippen LogP contribution in [0.15, 0.2) is 60.7 Å². The molecule has 0 unspecified atom stereocenters. The first-order chi connectivity index (χ1) is 9.36. The van der Waals surface area contributed by atoms with Crippen molar-refractivity contribution in [2.45, 2.75) is 17.4 Å². The van der Waals surface area contributed by atoms with Crippen molar-refractivity contribution in [3.05, 3.63) is 71.8 Å². The minimum atomic E-state index is 0.200. The molecule has 2 heteroatoms. The van der Waals surface area contributed by atoms with Gasteiger partial charge in [0.05, 0.1) is 6.10 Å². The molecule has 0 amide bonds. The molecular formula is C17H17BrO. The quantitative estimate of drug-likeness (QED) is 0.732. The molecule has 0 bridgehead atoms. The molecule has 19 heavy (non-hydrogen) atoms. The molecule has 0 aromatic heterocycles. The number of benzene rings is 2. The summed E-state index contributed by atoms with van der Waals surface area (Å²) in [5.74, 6) is 0.491. The molecule has 0 spiro atoms. The third kappa shape index (κ3) is 2.75. The highest BCUT2D eigenvalue weighted by Crippen LogP contribution is 2.46. The van der Waals surface area contributed by atoms with E-state index in [1.807, 2.05) is 0 Å². The van der Waals surface area contributed by atoms with Gasteiger partial charge in [0.25, 0.3) is 0 Å². The maximum Gasteiger partial charge on any atom is 0.0867 e. The maximum absolute atomic E-state index is 5.96. The molecule has 3 rings (SSSR count). The molecule has 0 saturated carbocycles. The van der Waals surface area contributed by atoms with E-state index in [9.17, 15) is 0 Å². The highest BCUT2D eigenvalue weighted by atomic mass is 79.9. The van der Waals surface area contributed by atoms with Crippen molar-refractivity contribution < 1.29 is 4.74 Å². The van der Waals surface area contributed by atoms with Gasteiger partial charge in [-0.15, -0.1) is 0 Å². The summed E-state index contributed by atoms with van der Waals surface area (Å²) in [6.45, 7) is 0.846. The lowest BCUT2D eigenvalue weighted by molar-refractivity contribution is 0.0905. The number of hydrogen-bond donors (Lipinski definition) is 0. The molecule has 3 atom stereocenters. The van der Waals surface area contributed by atoms with E-state index in [1.165, 1.54) is 11.1 Å². The number of halogens is 1. The Morgan fingerprint density at radius 1 is 0.947 bits per heavy atom. The SMILES string of the molecule is Br[C@@H](c1ccccc1)[C@@H]1CCO[C@H]1c1ccccc1. The molecule has 0 aliphatic carbocycles. The number of ether oxygens (including phenoxy) is 1. The average molecular weight is 317 g/mol. The Bertz CT molecular complexity index is 511. The van der Waals surface area contributed by atoms with Crippen LogP contribution in [-0.2, 0) is 4.74 Å². The van der Waals surface area contributed by atoms with Crippen LogP contribution in [0.4, 0.5) is 0 Å². The Labute approximate surface area is 122 Å². The van der Waals surface area contributed by atoms with Crippen molar-refractivity contribution in [1.82, 2.24) is 0 Å². The molecule has 1 aliphatic heterocycles. The van der Waals surface area contributed by atoms with Crippen LogP contribution < -0.4 is 0 Å². The van der Waals surface area contributed by atoms with Gasteiger partial charge in [0.1, 0.15) is 0 Å². The molecule has 0 radical (unpaired) electrons. The van der Waals surface area contributed by atoms with Crippen LogP contribution in [0.1, 0.15) is 28.5 Å². The maximum atomic E-state index is 5.96. The molecule has 1 aliphatic rings. The molecule has 1 heterocycles. The summed E-state index contributed by atoms with van der Waals surface area (Å²) >= 11 is 3.87. The van der Waals surface area contributed by atoms with Crippen LogP contribution in [0, 0.1) is 5.92 Å². The lowest BCUT2D eigenvalue weighted by Crippen LogP contribution is -2.12. The van der Waals surface area contributed by atoms with Crippen molar-refractivity contribution in [1.29, 1.82) is 0 Å². The van der Waals surface area contributed by atoms with Gasteiger partial charge in [-0.2, -0.15) is 0 Å². The van der Waals surface area contributed by atoms with Crippen molar-refractivity contribution in [3.8, 4) is 0 Å². The Hall–Kier alpha value is -1.12. The zero-order valence-corrected chi connectivity index (χ0v) is 12.3. The van der Waals surface area contributed by atoms with E-state index in [2.05, 4.69) is 76.6 Å². The minimum Gasteiger partial charge on any atom is -0.373 e. The van der Waals surface area contributed by atoms with Gasteiger partial charge in [0.15, 0.2) is 0 Å². The Kier molecular flexibility index (Phi) is 4.00. The van der Waals surface area contributed by atoms with Crippen molar-refractivity contribution in [2.24, 2.45) is 5.92 Å². The fraction of sp³-hybridized carbons (Fsp3) is 0.294. The third-order valence-electron chi connectivity index (χ3n) is 3.76. The Balaban J connectivity index is 1.84. The molecular weight excluding hydrogens is 300 g/mol. The van der Waals surface area contributed by atoms with Crippen molar-refractivity contribution in [2.75, 3.05) is 6.61 Å². The topological polar surface area (TPSA) is 9.23 Å². The van der Waals surface area contributed by atoms with Crippen molar-refractivity contribution >= 4 is 15.9 Å². The lowest BCUT2D eigenvalue weighted by atomic mass is 9.89. The smallest absolute Gasteiger partial charge is 0.0867 e. The Morgan fingerprint density at radius 3 is 2.26 bits per heavy atom. The average Bonchev–Trinajstić information content (AvgIpc) is 2.98. The summed E-state index contributed by atoms with van der Waals surface area (Å²) in [5, 5.41) is 0. The fourth-order valence-corrected chi connectivity index (χ4v) is 3.62. The van der Waals surface area contributed by atoms with Gasteiger partial charge in [-0.1, -0.05) is 76.6 Å². The van der Waals surface area contributed by atoms with E-state index in [1.54, 1.807) is 0 Å². The van der Waals surface area contributed by atoms with Gasteiger partial charge in [-0.3, -0.25) is 0 Å². The summed E-state index contributed by atoms with van der Waals surface area (Å²) in [6.07, 6.45) is 1.30. The number of alkyl halides is 1. The van der Waals surface area contributed by atoms with Gasteiger partial charge >= 0.3 is 0 Å². The summed E-state index contributed by atoms with van der Waals surface area (Å²) < 4.78 is 5.96. The lowest BCUT2D eigenvalue weighted by Gasteiger charge is -2.24. The Morgan fingerprint density at radius 2 is 1.58 bits per heavy atom. The van der Waals surface area contributed by atoms with Gasteiger partial charge in [0, 0.05) is 17.4 Å². The molecule has 98 valence electrons. The number of hydrogen-bond acceptors (Lipinski definition) is 1. The van der Waals surface area contributed by atoms with Crippen LogP contribution in [0.2, 0.25) is 0 Å². The zero-order chi connectivity index (χ0) is 13.1. The van der Waals surface area contributed by atoms with Crippen LogP contribution in [0.25, 0.3) is 0 Å². The van der Waals surface area contributed by atoms with E-state index in [0.29, 0.717) is 10.7 Å². The van der Waals surface area contributed by atoms with Gasteiger partial charge in [-0.25, -0.2) is 0 Å². The second-order valence-electron chi connectivity index (χ2n) is 4.97. The highest BCUT2D eigenvalue weighted by molar-refractivity contribution is 9.09. The minimum absolute atomic E-state index is 0.200. The van der Waals surface area contributed by atoms with Gasteiger partial charge < -0.3 is 4.74 Å². The summed E-state index contributed by atoms with van der Waals surface area (Å²) in [5.41, 5.74) is 2.62. The molecule has 1 nitrogen and oxygen atoms in total. The molecule has 2 aromatic carbocycles. The monoisotopic (exact) mass is 316 g/mol. The van der Waals surface area contributed by atoms with E-state index < -0.39 is 0 Å². The molecule has 2 aromatic rings. The molecule has 0 N–H and O–H groups in total. The highest BCUT2D eigenvalue weighted by Gasteiger charge is 2.35. The van der Waals surface area contributed by atoms with Crippen molar-refractivity contribution in [3.63, 3.8) is 0 Å².